The molecule has 1 aliphatic rings. The normalized spacial score (nSPS) is 17.2. The first-order valence-corrected chi connectivity index (χ1v) is 8.46. The Hall–Kier alpha value is -2.08. The van der Waals surface area contributed by atoms with E-state index in [1.807, 2.05) is 30.3 Å². The Bertz CT molecular complexity index is 539. The minimum Gasteiger partial charge on any atom is -0.481 e. The van der Waals surface area contributed by atoms with Crippen molar-refractivity contribution in [2.75, 3.05) is 26.2 Å². The van der Waals surface area contributed by atoms with Gasteiger partial charge >= 0.3 is 12.1 Å². The summed E-state index contributed by atoms with van der Waals surface area (Å²) in [5, 5.41) is 12.2. The molecule has 1 aromatic rings. The molecule has 0 unspecified atom stereocenters. The number of amides is 1. The van der Waals surface area contributed by atoms with Crippen molar-refractivity contribution in [3.8, 4) is 0 Å². The maximum absolute atomic E-state index is 11.9. The molecule has 0 aromatic heterocycles. The molecule has 0 bridgehead atoms. The van der Waals surface area contributed by atoms with Crippen LogP contribution in [0.4, 0.5) is 4.79 Å². The first kappa shape index (κ1) is 18.3. The summed E-state index contributed by atoms with van der Waals surface area (Å²) in [6.45, 7) is 4.89. The van der Waals surface area contributed by atoms with Crippen molar-refractivity contribution in [1.82, 2.24) is 10.2 Å². The quantitative estimate of drug-likeness (QED) is 0.801. The number of hydrogen-bond donors (Lipinski definition) is 2. The monoisotopic (exact) mass is 334 g/mol. The predicted molar refractivity (Wildman–Crippen MR) is 90.7 cm³/mol. The number of nitrogens with zero attached hydrogens (tertiary/aromatic N) is 1. The van der Waals surface area contributed by atoms with Gasteiger partial charge in [0.25, 0.3) is 0 Å². The van der Waals surface area contributed by atoms with Crippen LogP contribution in [-0.4, -0.2) is 48.2 Å². The van der Waals surface area contributed by atoms with Gasteiger partial charge in [-0.15, -0.1) is 0 Å². The topological polar surface area (TPSA) is 78.9 Å². The van der Waals surface area contributed by atoms with Crippen molar-refractivity contribution >= 4 is 12.1 Å². The van der Waals surface area contributed by atoms with Crippen molar-refractivity contribution < 1.29 is 19.4 Å². The fourth-order valence-corrected chi connectivity index (χ4v) is 3.00. The fourth-order valence-electron chi connectivity index (χ4n) is 3.00. The highest BCUT2D eigenvalue weighted by Crippen LogP contribution is 2.31. The maximum atomic E-state index is 11.9. The number of alkyl carbamates (subject to hydrolysis) is 1. The van der Waals surface area contributed by atoms with Gasteiger partial charge in [0.15, 0.2) is 0 Å². The molecule has 6 nitrogen and oxygen atoms in total. The zero-order valence-electron chi connectivity index (χ0n) is 14.2. The van der Waals surface area contributed by atoms with E-state index in [-0.39, 0.29) is 13.2 Å². The third kappa shape index (κ3) is 4.96. The highest BCUT2D eigenvalue weighted by Gasteiger charge is 2.41. The van der Waals surface area contributed by atoms with Crippen LogP contribution in [0.25, 0.3) is 0 Å². The first-order valence-electron chi connectivity index (χ1n) is 8.46. The molecule has 24 heavy (non-hydrogen) atoms. The van der Waals surface area contributed by atoms with Gasteiger partial charge in [0.2, 0.25) is 0 Å². The van der Waals surface area contributed by atoms with E-state index >= 15 is 0 Å². The van der Waals surface area contributed by atoms with E-state index in [4.69, 9.17) is 4.74 Å². The number of nitrogens with one attached hydrogen (secondary N) is 1. The van der Waals surface area contributed by atoms with Crippen LogP contribution < -0.4 is 5.32 Å². The summed E-state index contributed by atoms with van der Waals surface area (Å²) >= 11 is 0. The van der Waals surface area contributed by atoms with Gasteiger partial charge in [0, 0.05) is 6.54 Å². The molecule has 0 saturated carbocycles. The highest BCUT2D eigenvalue weighted by atomic mass is 16.5. The van der Waals surface area contributed by atoms with Crippen LogP contribution in [0, 0.1) is 5.41 Å². The Labute approximate surface area is 142 Å². The van der Waals surface area contributed by atoms with E-state index in [0.717, 1.165) is 31.6 Å². The average molecular weight is 334 g/mol. The molecule has 0 spiro atoms. The summed E-state index contributed by atoms with van der Waals surface area (Å²) in [6, 6.07) is 9.39. The second kappa shape index (κ2) is 8.68. The second-order valence-electron chi connectivity index (χ2n) is 6.34. The number of likely N-dealkylation sites (tertiary alicyclic amines) is 1. The zero-order valence-corrected chi connectivity index (χ0v) is 14.2. The number of aliphatic carboxylic acids is 1. The number of carboxylic acids is 1. The summed E-state index contributed by atoms with van der Waals surface area (Å²) in [7, 11) is 0. The number of piperidine rings is 1. The predicted octanol–water partition coefficient (Wildman–Crippen LogP) is 2.49. The molecule has 6 heteroatoms. The molecule has 1 aromatic carbocycles. The number of hydrogen-bond acceptors (Lipinski definition) is 4. The summed E-state index contributed by atoms with van der Waals surface area (Å²) in [5.41, 5.74) is 0.00388. The molecule has 1 amide bonds. The van der Waals surface area contributed by atoms with E-state index in [9.17, 15) is 14.7 Å². The molecule has 0 radical (unpaired) electrons. The Morgan fingerprint density at radius 3 is 2.50 bits per heavy atom. The average Bonchev–Trinajstić information content (AvgIpc) is 2.60. The molecule has 0 atom stereocenters. The molecule has 0 aliphatic carbocycles. The van der Waals surface area contributed by atoms with Gasteiger partial charge in [0.05, 0.1) is 5.41 Å². The summed E-state index contributed by atoms with van der Waals surface area (Å²) < 4.78 is 5.15. The van der Waals surface area contributed by atoms with Crippen LogP contribution in [0.2, 0.25) is 0 Å². The van der Waals surface area contributed by atoms with Gasteiger partial charge in [0.1, 0.15) is 6.61 Å². The molecule has 1 heterocycles. The lowest BCUT2D eigenvalue weighted by Crippen LogP contribution is -2.50. The van der Waals surface area contributed by atoms with E-state index in [1.165, 1.54) is 0 Å². The zero-order chi connectivity index (χ0) is 17.4. The minimum absolute atomic E-state index is 0.107. The van der Waals surface area contributed by atoms with Crippen LogP contribution in [0.15, 0.2) is 30.3 Å². The van der Waals surface area contributed by atoms with E-state index in [2.05, 4.69) is 17.1 Å². The molecule has 2 rings (SSSR count). The summed E-state index contributed by atoms with van der Waals surface area (Å²) in [6.07, 6.45) is 1.57. The summed E-state index contributed by atoms with van der Waals surface area (Å²) in [5.74, 6) is -0.845. The number of rotatable bonds is 7. The van der Waals surface area contributed by atoms with Gasteiger partial charge in [-0.1, -0.05) is 37.3 Å². The van der Waals surface area contributed by atoms with E-state index < -0.39 is 17.5 Å². The molecule has 2 N–H and O–H groups in total. The van der Waals surface area contributed by atoms with Gasteiger partial charge < -0.3 is 20.1 Å². The lowest BCUT2D eigenvalue weighted by molar-refractivity contribution is -0.151. The number of carbonyl (C=O) groups excluding carboxylic acids is 1. The van der Waals surface area contributed by atoms with Gasteiger partial charge in [-0.05, 0) is 44.5 Å². The van der Waals surface area contributed by atoms with Crippen molar-refractivity contribution in [3.05, 3.63) is 35.9 Å². The van der Waals surface area contributed by atoms with E-state index in [0.29, 0.717) is 12.8 Å². The summed E-state index contributed by atoms with van der Waals surface area (Å²) in [4.78, 5) is 25.8. The van der Waals surface area contributed by atoms with Crippen molar-refractivity contribution in [2.45, 2.75) is 32.8 Å². The number of benzene rings is 1. The lowest BCUT2D eigenvalue weighted by atomic mass is 9.78. The maximum Gasteiger partial charge on any atom is 0.407 e. The van der Waals surface area contributed by atoms with Crippen LogP contribution >= 0.6 is 0 Å². The van der Waals surface area contributed by atoms with Crippen molar-refractivity contribution in [1.29, 1.82) is 0 Å². The molecule has 132 valence electrons. The number of ether oxygens (including phenoxy) is 1. The Morgan fingerprint density at radius 2 is 1.92 bits per heavy atom. The Kier molecular flexibility index (Phi) is 6.61. The fraction of sp³-hybridized carbons (Fsp3) is 0.556. The third-order valence-electron chi connectivity index (χ3n) is 4.59. The SMILES string of the molecule is CCCN1CCC(CNC(=O)OCc2ccccc2)(C(=O)O)CC1. The smallest absolute Gasteiger partial charge is 0.407 e. The molecular weight excluding hydrogens is 308 g/mol. The van der Waals surface area contributed by atoms with Gasteiger partial charge in [-0.25, -0.2) is 4.79 Å². The largest absolute Gasteiger partial charge is 0.481 e. The Balaban J connectivity index is 1.81. The van der Waals surface area contributed by atoms with Crippen LogP contribution in [0.3, 0.4) is 0 Å². The number of carboxylic acid groups (broad SMARTS) is 1. The lowest BCUT2D eigenvalue weighted by Gasteiger charge is -2.38. The second-order valence-corrected chi connectivity index (χ2v) is 6.34. The highest BCUT2D eigenvalue weighted by molar-refractivity contribution is 5.76. The van der Waals surface area contributed by atoms with Gasteiger partial charge in [-0.3, -0.25) is 4.79 Å². The molecule has 1 fully saturated rings. The van der Waals surface area contributed by atoms with Crippen molar-refractivity contribution in [2.24, 2.45) is 5.41 Å². The van der Waals surface area contributed by atoms with Crippen LogP contribution in [-0.2, 0) is 16.1 Å². The Morgan fingerprint density at radius 1 is 1.25 bits per heavy atom. The van der Waals surface area contributed by atoms with Crippen molar-refractivity contribution in [3.63, 3.8) is 0 Å². The third-order valence-corrected chi connectivity index (χ3v) is 4.59. The van der Waals surface area contributed by atoms with Crippen LogP contribution in [0.1, 0.15) is 31.7 Å². The van der Waals surface area contributed by atoms with Crippen LogP contribution in [0.5, 0.6) is 0 Å². The first-order chi connectivity index (χ1) is 11.6. The van der Waals surface area contributed by atoms with E-state index in [1.54, 1.807) is 0 Å². The molecule has 1 saturated heterocycles. The number of carbonyl (C=O) groups is 2. The minimum atomic E-state index is -0.893. The molecular formula is C18H26N2O4. The standard InChI is InChI=1S/C18H26N2O4/c1-2-10-20-11-8-18(9-12-20,16(21)22)14-19-17(23)24-13-15-6-4-3-5-7-15/h3-7H,2,8-14H2,1H3,(H,19,23)(H,21,22). The van der Waals surface area contributed by atoms with Gasteiger partial charge in [-0.2, -0.15) is 0 Å². The molecule has 1 aliphatic heterocycles.